The third-order valence-electron chi connectivity index (χ3n) is 6.13. The smallest absolute Gasteiger partial charge is 0.264 e. The van der Waals surface area contributed by atoms with E-state index in [0.717, 1.165) is 19.9 Å². The number of carbonyl (C=O) groups excluding carboxylic acids is 2. The number of nitrogens with zero attached hydrogens (tertiary/aromatic N) is 2. The Balaban J connectivity index is 2.01. The summed E-state index contributed by atoms with van der Waals surface area (Å²) >= 11 is 8.30. The van der Waals surface area contributed by atoms with Gasteiger partial charge in [0.15, 0.2) is 0 Å². The SMILES string of the molecule is CCC(C)NC(=O)C(C)N(Cc1cccc(Cl)c1)C(=O)CN(c1ccc(I)cc1)S(=O)(=O)c1ccccc1. The Morgan fingerprint density at radius 3 is 2.24 bits per heavy atom. The summed E-state index contributed by atoms with van der Waals surface area (Å²) in [6.45, 7) is 5.08. The Bertz CT molecular complexity index is 1350. The molecule has 3 aromatic carbocycles. The molecule has 0 bridgehead atoms. The molecular weight excluding hydrogens is 637 g/mol. The van der Waals surface area contributed by atoms with E-state index in [1.54, 1.807) is 67.6 Å². The fourth-order valence-electron chi connectivity index (χ4n) is 3.74. The molecule has 0 spiro atoms. The predicted octanol–water partition coefficient (Wildman–Crippen LogP) is 5.47. The molecule has 7 nitrogen and oxygen atoms in total. The number of anilines is 1. The maximum absolute atomic E-state index is 13.9. The summed E-state index contributed by atoms with van der Waals surface area (Å²) in [5.74, 6) is -0.837. The number of benzene rings is 3. The zero-order valence-electron chi connectivity index (χ0n) is 21.5. The maximum Gasteiger partial charge on any atom is 0.264 e. The third-order valence-corrected chi connectivity index (χ3v) is 8.88. The van der Waals surface area contributed by atoms with Crippen molar-refractivity contribution in [2.24, 2.45) is 0 Å². The van der Waals surface area contributed by atoms with E-state index in [2.05, 4.69) is 27.9 Å². The Hall–Kier alpha value is -2.63. The van der Waals surface area contributed by atoms with Gasteiger partial charge in [-0.15, -0.1) is 0 Å². The van der Waals surface area contributed by atoms with Gasteiger partial charge in [0.05, 0.1) is 10.6 Å². The molecular formula is C28H31ClIN3O4S. The maximum atomic E-state index is 13.9. The predicted molar refractivity (Wildman–Crippen MR) is 159 cm³/mol. The topological polar surface area (TPSA) is 86.8 Å². The van der Waals surface area contributed by atoms with Crippen molar-refractivity contribution in [1.82, 2.24) is 10.2 Å². The Morgan fingerprint density at radius 1 is 0.974 bits per heavy atom. The van der Waals surface area contributed by atoms with Gasteiger partial charge in [-0.1, -0.05) is 48.9 Å². The molecule has 0 fully saturated rings. The van der Waals surface area contributed by atoms with Crippen molar-refractivity contribution in [1.29, 1.82) is 0 Å². The van der Waals surface area contributed by atoms with E-state index in [9.17, 15) is 18.0 Å². The number of sulfonamides is 1. The monoisotopic (exact) mass is 667 g/mol. The second-order valence-electron chi connectivity index (χ2n) is 8.95. The second-order valence-corrected chi connectivity index (χ2v) is 12.5. The summed E-state index contributed by atoms with van der Waals surface area (Å²) in [5.41, 5.74) is 1.07. The van der Waals surface area contributed by atoms with Crippen molar-refractivity contribution in [2.45, 2.75) is 50.7 Å². The van der Waals surface area contributed by atoms with Gasteiger partial charge < -0.3 is 10.2 Å². The Labute approximate surface area is 243 Å². The van der Waals surface area contributed by atoms with Gasteiger partial charge in [0.1, 0.15) is 12.6 Å². The Kier molecular flexibility index (Phi) is 10.6. The lowest BCUT2D eigenvalue weighted by Gasteiger charge is -2.32. The van der Waals surface area contributed by atoms with Crippen molar-refractivity contribution in [2.75, 3.05) is 10.8 Å². The molecule has 2 unspecified atom stereocenters. The molecule has 1 N–H and O–H groups in total. The summed E-state index contributed by atoms with van der Waals surface area (Å²) in [4.78, 5) is 28.4. The number of amides is 2. The number of halogens is 2. The van der Waals surface area contributed by atoms with Crippen LogP contribution < -0.4 is 9.62 Å². The van der Waals surface area contributed by atoms with Crippen molar-refractivity contribution >= 4 is 61.7 Å². The standard InChI is InChI=1S/C28H31ClIN3O4S/c1-4-20(2)31-28(35)21(3)32(18-22-9-8-10-23(29)17-22)27(34)19-33(25-15-13-24(30)14-16-25)38(36,37)26-11-6-5-7-12-26/h5-17,20-21H,4,18-19H2,1-3H3,(H,31,35). The first-order valence-electron chi connectivity index (χ1n) is 12.2. The highest BCUT2D eigenvalue weighted by atomic mass is 127. The zero-order valence-corrected chi connectivity index (χ0v) is 25.2. The molecule has 2 amide bonds. The molecule has 0 aliphatic heterocycles. The van der Waals surface area contributed by atoms with Crippen LogP contribution in [0.1, 0.15) is 32.8 Å². The number of carbonyl (C=O) groups is 2. The minimum Gasteiger partial charge on any atom is -0.352 e. The van der Waals surface area contributed by atoms with Gasteiger partial charge in [-0.3, -0.25) is 13.9 Å². The van der Waals surface area contributed by atoms with E-state index in [0.29, 0.717) is 10.7 Å². The lowest BCUT2D eigenvalue weighted by Crippen LogP contribution is -2.52. The Morgan fingerprint density at radius 2 is 1.63 bits per heavy atom. The summed E-state index contributed by atoms with van der Waals surface area (Å²) in [6.07, 6.45) is 0.733. The van der Waals surface area contributed by atoms with Gasteiger partial charge in [-0.05, 0) is 97.0 Å². The van der Waals surface area contributed by atoms with Gasteiger partial charge in [0, 0.05) is 21.2 Å². The first-order chi connectivity index (χ1) is 18.0. The van der Waals surface area contributed by atoms with Crippen LogP contribution in [0.25, 0.3) is 0 Å². The molecule has 0 aromatic heterocycles. The number of hydrogen-bond donors (Lipinski definition) is 1. The molecule has 0 saturated heterocycles. The summed E-state index contributed by atoms with van der Waals surface area (Å²) < 4.78 is 29.5. The van der Waals surface area contributed by atoms with Crippen LogP contribution in [0.4, 0.5) is 5.69 Å². The largest absolute Gasteiger partial charge is 0.352 e. The van der Waals surface area contributed by atoms with Crippen LogP contribution in [-0.2, 0) is 26.2 Å². The van der Waals surface area contributed by atoms with Crippen molar-refractivity contribution in [3.63, 3.8) is 0 Å². The van der Waals surface area contributed by atoms with E-state index in [1.807, 2.05) is 19.9 Å². The molecule has 0 aliphatic carbocycles. The lowest BCUT2D eigenvalue weighted by molar-refractivity contribution is -0.139. The average molecular weight is 668 g/mol. The fraction of sp³-hybridized carbons (Fsp3) is 0.286. The average Bonchev–Trinajstić information content (AvgIpc) is 2.90. The van der Waals surface area contributed by atoms with Crippen LogP contribution >= 0.6 is 34.2 Å². The molecule has 0 aliphatic rings. The minimum atomic E-state index is -4.08. The van der Waals surface area contributed by atoms with E-state index < -0.39 is 28.5 Å². The van der Waals surface area contributed by atoms with Crippen LogP contribution in [0, 0.1) is 3.57 Å². The summed E-state index contributed by atoms with van der Waals surface area (Å²) in [7, 11) is -4.08. The highest BCUT2D eigenvalue weighted by Crippen LogP contribution is 2.25. The second kappa shape index (κ2) is 13.4. The minimum absolute atomic E-state index is 0.0651. The molecule has 3 rings (SSSR count). The third kappa shape index (κ3) is 7.70. The van der Waals surface area contributed by atoms with Gasteiger partial charge in [0.25, 0.3) is 10.0 Å². The number of hydrogen-bond acceptors (Lipinski definition) is 4. The molecule has 38 heavy (non-hydrogen) atoms. The van der Waals surface area contributed by atoms with E-state index in [4.69, 9.17) is 11.6 Å². The molecule has 0 heterocycles. The van der Waals surface area contributed by atoms with Gasteiger partial charge in [-0.2, -0.15) is 0 Å². The molecule has 202 valence electrons. The van der Waals surface area contributed by atoms with Crippen LogP contribution in [-0.4, -0.2) is 43.8 Å². The van der Waals surface area contributed by atoms with Crippen molar-refractivity contribution in [3.8, 4) is 0 Å². The van der Waals surface area contributed by atoms with Gasteiger partial charge >= 0.3 is 0 Å². The van der Waals surface area contributed by atoms with Crippen molar-refractivity contribution in [3.05, 3.63) is 93.0 Å². The van der Waals surface area contributed by atoms with Gasteiger partial charge in [0.2, 0.25) is 11.8 Å². The molecule has 2 atom stereocenters. The van der Waals surface area contributed by atoms with Crippen LogP contribution in [0.2, 0.25) is 5.02 Å². The first-order valence-corrected chi connectivity index (χ1v) is 15.1. The van der Waals surface area contributed by atoms with Gasteiger partial charge in [-0.25, -0.2) is 8.42 Å². The van der Waals surface area contributed by atoms with Crippen LogP contribution in [0.3, 0.4) is 0 Å². The zero-order chi connectivity index (χ0) is 27.9. The molecule has 3 aromatic rings. The molecule has 0 radical (unpaired) electrons. The molecule has 0 saturated carbocycles. The van der Waals surface area contributed by atoms with E-state index in [-0.39, 0.29) is 23.4 Å². The molecule has 10 heteroatoms. The highest BCUT2D eigenvalue weighted by Gasteiger charge is 2.32. The summed E-state index contributed by atoms with van der Waals surface area (Å²) in [6, 6.07) is 20.9. The highest BCUT2D eigenvalue weighted by molar-refractivity contribution is 14.1. The normalized spacial score (nSPS) is 12.9. The number of rotatable bonds is 11. The first kappa shape index (κ1) is 29.9. The van der Waals surface area contributed by atoms with E-state index in [1.165, 1.54) is 17.0 Å². The quantitative estimate of drug-likeness (QED) is 0.275. The summed E-state index contributed by atoms with van der Waals surface area (Å²) in [5, 5.41) is 3.42. The number of nitrogens with one attached hydrogen (secondary N) is 1. The lowest BCUT2D eigenvalue weighted by atomic mass is 10.1. The van der Waals surface area contributed by atoms with Crippen LogP contribution in [0.15, 0.2) is 83.8 Å². The fourth-order valence-corrected chi connectivity index (χ4v) is 5.74. The van der Waals surface area contributed by atoms with E-state index >= 15 is 0 Å². The van der Waals surface area contributed by atoms with Crippen LogP contribution in [0.5, 0.6) is 0 Å². The van der Waals surface area contributed by atoms with Crippen molar-refractivity contribution < 1.29 is 18.0 Å².